The highest BCUT2D eigenvalue weighted by Crippen LogP contribution is 2.24. The summed E-state index contributed by atoms with van der Waals surface area (Å²) in [6.07, 6.45) is 0.471. The molecule has 1 unspecified atom stereocenters. The maximum atomic E-state index is 13.7. The predicted molar refractivity (Wildman–Crippen MR) is 74.7 cm³/mol. The van der Waals surface area contributed by atoms with Gasteiger partial charge >= 0.3 is 0 Å². The molecule has 0 saturated carbocycles. The van der Waals surface area contributed by atoms with Crippen molar-refractivity contribution < 1.29 is 8.78 Å². The van der Waals surface area contributed by atoms with E-state index in [4.69, 9.17) is 11.6 Å². The third-order valence-corrected chi connectivity index (χ3v) is 3.55. The smallest absolute Gasteiger partial charge is 0.129 e. The number of rotatable bonds is 4. The molecule has 0 amide bonds. The van der Waals surface area contributed by atoms with E-state index >= 15 is 0 Å². The Balaban J connectivity index is 2.24. The molecule has 0 radical (unpaired) electrons. The summed E-state index contributed by atoms with van der Waals surface area (Å²) < 4.78 is 26.5. The minimum atomic E-state index is -0.556. The van der Waals surface area contributed by atoms with Gasteiger partial charge in [0, 0.05) is 17.9 Å². The van der Waals surface area contributed by atoms with Crippen LogP contribution in [0.5, 0.6) is 0 Å². The second-order valence-corrected chi connectivity index (χ2v) is 5.01. The molecular formula is C16H15ClF2. The highest BCUT2D eigenvalue weighted by atomic mass is 35.5. The number of hydrogen-bond acceptors (Lipinski definition) is 0. The van der Waals surface area contributed by atoms with E-state index in [1.807, 2.05) is 25.1 Å². The third kappa shape index (κ3) is 3.54. The van der Waals surface area contributed by atoms with Crippen LogP contribution in [0.1, 0.15) is 22.6 Å². The largest absolute Gasteiger partial charge is 0.207 e. The van der Waals surface area contributed by atoms with Crippen LogP contribution in [0.4, 0.5) is 8.78 Å². The Morgan fingerprint density at radius 2 is 1.89 bits per heavy atom. The Labute approximate surface area is 117 Å². The van der Waals surface area contributed by atoms with Crippen molar-refractivity contribution in [3.8, 4) is 0 Å². The fraction of sp³-hybridized carbons (Fsp3) is 0.250. The highest BCUT2D eigenvalue weighted by Gasteiger charge is 2.14. The van der Waals surface area contributed by atoms with Crippen LogP contribution in [0.3, 0.4) is 0 Å². The standard InChI is InChI=1S/C16H15ClF2/c1-11-3-2-4-12(7-11)14(10-17)8-13-5-6-15(18)9-16(13)19/h2-7,9,14H,8,10H2,1H3. The average Bonchev–Trinajstić information content (AvgIpc) is 2.38. The minimum Gasteiger partial charge on any atom is -0.207 e. The number of aryl methyl sites for hydroxylation is 1. The summed E-state index contributed by atoms with van der Waals surface area (Å²) in [7, 11) is 0. The van der Waals surface area contributed by atoms with Gasteiger partial charge in [-0.1, -0.05) is 35.9 Å². The number of alkyl halides is 1. The van der Waals surface area contributed by atoms with Gasteiger partial charge in [-0.25, -0.2) is 8.78 Å². The second-order valence-electron chi connectivity index (χ2n) is 4.71. The Bertz CT molecular complexity index is 566. The van der Waals surface area contributed by atoms with Crippen molar-refractivity contribution in [1.82, 2.24) is 0 Å². The molecule has 0 nitrogen and oxygen atoms in total. The lowest BCUT2D eigenvalue weighted by atomic mass is 9.92. The van der Waals surface area contributed by atoms with Gasteiger partial charge < -0.3 is 0 Å². The molecule has 0 aliphatic rings. The quantitative estimate of drug-likeness (QED) is 0.703. The molecule has 2 aromatic rings. The molecular weight excluding hydrogens is 266 g/mol. The molecule has 19 heavy (non-hydrogen) atoms. The molecule has 0 heterocycles. The maximum absolute atomic E-state index is 13.7. The van der Waals surface area contributed by atoms with Crippen molar-refractivity contribution in [1.29, 1.82) is 0 Å². The summed E-state index contributed by atoms with van der Waals surface area (Å²) in [6, 6.07) is 11.7. The van der Waals surface area contributed by atoms with Crippen LogP contribution in [0.15, 0.2) is 42.5 Å². The van der Waals surface area contributed by atoms with E-state index in [1.165, 1.54) is 12.1 Å². The minimum absolute atomic E-state index is 0.0292. The fourth-order valence-corrected chi connectivity index (χ4v) is 2.43. The van der Waals surface area contributed by atoms with Crippen LogP contribution in [0, 0.1) is 18.6 Å². The molecule has 0 aliphatic heterocycles. The first-order valence-electron chi connectivity index (χ1n) is 6.16. The lowest BCUT2D eigenvalue weighted by Crippen LogP contribution is -2.06. The maximum Gasteiger partial charge on any atom is 0.129 e. The van der Waals surface area contributed by atoms with Crippen molar-refractivity contribution in [2.75, 3.05) is 5.88 Å². The summed E-state index contributed by atoms with van der Waals surface area (Å²) >= 11 is 5.99. The topological polar surface area (TPSA) is 0 Å². The normalized spacial score (nSPS) is 12.4. The van der Waals surface area contributed by atoms with Crippen LogP contribution in [0.25, 0.3) is 0 Å². The van der Waals surface area contributed by atoms with Crippen molar-refractivity contribution in [3.05, 3.63) is 70.8 Å². The van der Waals surface area contributed by atoms with Gasteiger partial charge in [-0.2, -0.15) is 0 Å². The van der Waals surface area contributed by atoms with E-state index in [9.17, 15) is 8.78 Å². The van der Waals surface area contributed by atoms with Crippen molar-refractivity contribution in [2.24, 2.45) is 0 Å². The Morgan fingerprint density at radius 3 is 2.53 bits per heavy atom. The van der Waals surface area contributed by atoms with Gasteiger partial charge in [-0.3, -0.25) is 0 Å². The molecule has 0 aliphatic carbocycles. The Morgan fingerprint density at radius 1 is 1.11 bits per heavy atom. The molecule has 0 N–H and O–H groups in total. The summed E-state index contributed by atoms with van der Waals surface area (Å²) in [5, 5.41) is 0. The van der Waals surface area contributed by atoms with Crippen LogP contribution in [0.2, 0.25) is 0 Å². The van der Waals surface area contributed by atoms with E-state index in [0.717, 1.165) is 17.2 Å². The van der Waals surface area contributed by atoms with Gasteiger partial charge in [0.15, 0.2) is 0 Å². The zero-order valence-electron chi connectivity index (χ0n) is 10.7. The third-order valence-electron chi connectivity index (χ3n) is 3.18. The molecule has 0 saturated heterocycles. The highest BCUT2D eigenvalue weighted by molar-refractivity contribution is 6.18. The summed E-state index contributed by atoms with van der Waals surface area (Å²) in [4.78, 5) is 0. The summed E-state index contributed by atoms with van der Waals surface area (Å²) in [6.45, 7) is 2.01. The molecule has 2 rings (SSSR count). The number of halogens is 3. The molecule has 3 heteroatoms. The molecule has 0 spiro atoms. The van der Waals surface area contributed by atoms with Crippen molar-refractivity contribution in [3.63, 3.8) is 0 Å². The van der Waals surface area contributed by atoms with Gasteiger partial charge in [-0.15, -0.1) is 11.6 Å². The van der Waals surface area contributed by atoms with E-state index in [-0.39, 0.29) is 5.92 Å². The summed E-state index contributed by atoms with van der Waals surface area (Å²) in [5.74, 6) is -0.635. The lowest BCUT2D eigenvalue weighted by Gasteiger charge is -2.15. The summed E-state index contributed by atoms with van der Waals surface area (Å²) in [5.41, 5.74) is 2.72. The van der Waals surface area contributed by atoms with Gasteiger partial charge in [0.05, 0.1) is 0 Å². The monoisotopic (exact) mass is 280 g/mol. The zero-order valence-corrected chi connectivity index (χ0v) is 11.4. The Hall–Kier alpha value is -1.41. The lowest BCUT2D eigenvalue weighted by molar-refractivity contribution is 0.566. The van der Waals surface area contributed by atoms with Crippen LogP contribution >= 0.6 is 11.6 Å². The number of benzene rings is 2. The first-order chi connectivity index (χ1) is 9.10. The van der Waals surface area contributed by atoms with Crippen LogP contribution in [-0.2, 0) is 6.42 Å². The molecule has 100 valence electrons. The SMILES string of the molecule is Cc1cccc(C(CCl)Cc2ccc(F)cc2F)c1. The van der Waals surface area contributed by atoms with Crippen molar-refractivity contribution in [2.45, 2.75) is 19.3 Å². The van der Waals surface area contributed by atoms with Crippen LogP contribution in [-0.4, -0.2) is 5.88 Å². The first-order valence-corrected chi connectivity index (χ1v) is 6.70. The van der Waals surface area contributed by atoms with E-state index in [2.05, 4.69) is 6.07 Å². The van der Waals surface area contributed by atoms with E-state index < -0.39 is 11.6 Å². The van der Waals surface area contributed by atoms with Crippen molar-refractivity contribution >= 4 is 11.6 Å². The van der Waals surface area contributed by atoms with Gasteiger partial charge in [0.25, 0.3) is 0 Å². The van der Waals surface area contributed by atoms with Crippen LogP contribution < -0.4 is 0 Å². The number of hydrogen-bond donors (Lipinski definition) is 0. The molecule has 2 aromatic carbocycles. The van der Waals surface area contributed by atoms with E-state index in [1.54, 1.807) is 0 Å². The Kier molecular flexibility index (Phi) is 4.54. The molecule has 0 bridgehead atoms. The first kappa shape index (κ1) is 14.0. The fourth-order valence-electron chi connectivity index (χ4n) is 2.14. The zero-order chi connectivity index (χ0) is 13.8. The molecule has 0 aromatic heterocycles. The molecule has 0 fully saturated rings. The van der Waals surface area contributed by atoms with E-state index in [0.29, 0.717) is 17.9 Å². The van der Waals surface area contributed by atoms with Gasteiger partial charge in [-0.05, 0) is 30.5 Å². The second kappa shape index (κ2) is 6.16. The average molecular weight is 281 g/mol. The predicted octanol–water partition coefficient (Wildman–Crippen LogP) is 4.84. The van der Waals surface area contributed by atoms with Gasteiger partial charge in [0.1, 0.15) is 11.6 Å². The molecule has 1 atom stereocenters. The van der Waals surface area contributed by atoms with Gasteiger partial charge in [0.2, 0.25) is 0 Å².